The van der Waals surface area contributed by atoms with E-state index >= 15 is 0 Å². The van der Waals surface area contributed by atoms with Crippen molar-refractivity contribution < 1.29 is 14.0 Å². The molecule has 2 amide bonds. The Morgan fingerprint density at radius 2 is 1.66 bits per heavy atom. The molecule has 2 aromatic heterocycles. The third kappa shape index (κ3) is 3.57. The van der Waals surface area contributed by atoms with Gasteiger partial charge in [-0.05, 0) is 55.0 Å². The highest BCUT2D eigenvalue weighted by molar-refractivity contribution is 6.31. The van der Waals surface area contributed by atoms with Crippen LogP contribution in [0, 0.1) is 6.92 Å². The van der Waals surface area contributed by atoms with Gasteiger partial charge in [-0.3, -0.25) is 20.4 Å². The Labute approximate surface area is 173 Å². The van der Waals surface area contributed by atoms with Gasteiger partial charge in [0.2, 0.25) is 0 Å². The number of amides is 2. The van der Waals surface area contributed by atoms with Gasteiger partial charge in [-0.25, -0.2) is 4.79 Å². The molecule has 0 saturated heterocycles. The van der Waals surface area contributed by atoms with Crippen molar-refractivity contribution in [2.75, 3.05) is 0 Å². The number of aromatic amines is 1. The zero-order chi connectivity index (χ0) is 20.7. The second kappa shape index (κ2) is 7.27. The van der Waals surface area contributed by atoms with Crippen LogP contribution >= 0.6 is 23.2 Å². The van der Waals surface area contributed by atoms with Crippen LogP contribution in [-0.2, 0) is 0 Å². The number of nitrogens with one attached hydrogen (secondary N) is 3. The number of aryl methyl sites for hydroxylation is 1. The minimum atomic E-state index is -0.831. The van der Waals surface area contributed by atoms with E-state index < -0.39 is 17.4 Å². The lowest BCUT2D eigenvalue weighted by Gasteiger charge is -2.07. The topological polar surface area (TPSA) is 104 Å². The van der Waals surface area contributed by atoms with E-state index in [0.717, 1.165) is 10.9 Å². The summed E-state index contributed by atoms with van der Waals surface area (Å²) in [6.45, 7) is 1.76. The fraction of sp³-hybridized carbons (Fsp3) is 0.0500. The molecule has 4 rings (SSSR count). The van der Waals surface area contributed by atoms with E-state index in [1.807, 2.05) is 0 Å². The molecule has 0 fully saturated rings. The number of aromatic nitrogens is 1. The van der Waals surface area contributed by atoms with Gasteiger partial charge in [0.1, 0.15) is 16.8 Å². The maximum atomic E-state index is 12.5. The maximum Gasteiger partial charge on any atom is 0.349 e. The van der Waals surface area contributed by atoms with Crippen LogP contribution in [0.2, 0.25) is 10.0 Å². The average molecular weight is 430 g/mol. The lowest BCUT2D eigenvalue weighted by Crippen LogP contribution is -2.43. The number of H-pyrrole nitrogens is 1. The standard InChI is InChI=1S/C20H13Cl2N3O4/c1-9-13-8-12(22)2-4-15(13)23-17(9)19(27)25-24-18(26)14-7-10-6-11(21)3-5-16(10)29-20(14)28/h2-8,23H,1H3,(H,24,26)(H,25,27). The van der Waals surface area contributed by atoms with Crippen LogP contribution in [0.5, 0.6) is 0 Å². The molecule has 29 heavy (non-hydrogen) atoms. The van der Waals surface area contributed by atoms with E-state index in [0.29, 0.717) is 26.6 Å². The fourth-order valence-electron chi connectivity index (χ4n) is 3.02. The van der Waals surface area contributed by atoms with Crippen molar-refractivity contribution in [1.29, 1.82) is 0 Å². The molecule has 0 aliphatic heterocycles. The summed E-state index contributed by atoms with van der Waals surface area (Å²) >= 11 is 11.9. The fourth-order valence-corrected chi connectivity index (χ4v) is 3.37. The van der Waals surface area contributed by atoms with Crippen molar-refractivity contribution in [3.8, 4) is 0 Å². The molecule has 0 saturated carbocycles. The first-order valence-electron chi connectivity index (χ1n) is 8.45. The number of benzene rings is 2. The minimum Gasteiger partial charge on any atom is -0.422 e. The molecule has 0 aliphatic carbocycles. The number of halogens is 2. The Hall–Kier alpha value is -3.29. The highest BCUT2D eigenvalue weighted by Gasteiger charge is 2.18. The Bertz CT molecular complexity index is 1360. The van der Waals surface area contributed by atoms with E-state index in [-0.39, 0.29) is 11.3 Å². The predicted molar refractivity (Wildman–Crippen MR) is 110 cm³/mol. The van der Waals surface area contributed by atoms with E-state index in [4.69, 9.17) is 27.6 Å². The van der Waals surface area contributed by atoms with Crippen molar-refractivity contribution in [3.05, 3.63) is 79.8 Å². The van der Waals surface area contributed by atoms with Gasteiger partial charge in [-0.1, -0.05) is 23.2 Å². The van der Waals surface area contributed by atoms with Crippen molar-refractivity contribution in [1.82, 2.24) is 15.8 Å². The first-order valence-corrected chi connectivity index (χ1v) is 9.21. The molecular formula is C20H13Cl2N3O4. The summed E-state index contributed by atoms with van der Waals surface area (Å²) < 4.78 is 5.12. The van der Waals surface area contributed by atoms with E-state index in [2.05, 4.69) is 15.8 Å². The zero-order valence-electron chi connectivity index (χ0n) is 14.9. The predicted octanol–water partition coefficient (Wildman–Crippen LogP) is 3.96. The van der Waals surface area contributed by atoms with Crippen molar-refractivity contribution in [2.45, 2.75) is 6.92 Å². The Morgan fingerprint density at radius 1 is 0.966 bits per heavy atom. The van der Waals surface area contributed by atoms with Gasteiger partial charge in [0, 0.05) is 26.3 Å². The first kappa shape index (κ1) is 19.0. The van der Waals surface area contributed by atoms with Gasteiger partial charge in [-0.15, -0.1) is 0 Å². The van der Waals surface area contributed by atoms with Crippen molar-refractivity contribution in [3.63, 3.8) is 0 Å². The maximum absolute atomic E-state index is 12.5. The molecule has 0 atom stereocenters. The van der Waals surface area contributed by atoms with Gasteiger partial charge in [0.25, 0.3) is 11.8 Å². The number of carbonyl (C=O) groups is 2. The second-order valence-corrected chi connectivity index (χ2v) is 7.23. The smallest absolute Gasteiger partial charge is 0.349 e. The summed E-state index contributed by atoms with van der Waals surface area (Å²) in [6, 6.07) is 11.2. The summed E-state index contributed by atoms with van der Waals surface area (Å²) in [5, 5.41) is 2.25. The molecule has 0 aliphatic rings. The molecule has 7 nitrogen and oxygen atoms in total. The Morgan fingerprint density at radius 3 is 2.45 bits per heavy atom. The lowest BCUT2D eigenvalue weighted by atomic mass is 10.1. The van der Waals surface area contributed by atoms with Crippen LogP contribution in [0.3, 0.4) is 0 Å². The van der Waals surface area contributed by atoms with Crippen LogP contribution in [0.15, 0.2) is 51.7 Å². The number of hydrogen-bond donors (Lipinski definition) is 3. The van der Waals surface area contributed by atoms with E-state index in [1.165, 1.54) is 12.1 Å². The summed E-state index contributed by atoms with van der Waals surface area (Å²) in [7, 11) is 0. The van der Waals surface area contributed by atoms with Gasteiger partial charge < -0.3 is 9.40 Å². The van der Waals surface area contributed by atoms with E-state index in [1.54, 1.807) is 37.3 Å². The molecule has 146 valence electrons. The largest absolute Gasteiger partial charge is 0.422 e. The molecular weight excluding hydrogens is 417 g/mol. The van der Waals surface area contributed by atoms with Crippen molar-refractivity contribution in [2.24, 2.45) is 0 Å². The van der Waals surface area contributed by atoms with Gasteiger partial charge in [0.15, 0.2) is 0 Å². The van der Waals surface area contributed by atoms with E-state index in [9.17, 15) is 14.4 Å². The zero-order valence-corrected chi connectivity index (χ0v) is 16.4. The summed E-state index contributed by atoms with van der Waals surface area (Å²) in [6.07, 6.45) is 0. The number of carbonyl (C=O) groups excluding carboxylic acids is 2. The Kier molecular flexibility index (Phi) is 4.77. The number of fused-ring (bicyclic) bond motifs is 2. The normalized spacial score (nSPS) is 11.0. The molecule has 0 bridgehead atoms. The Balaban J connectivity index is 1.56. The second-order valence-electron chi connectivity index (χ2n) is 6.35. The highest BCUT2D eigenvalue weighted by Crippen LogP contribution is 2.25. The van der Waals surface area contributed by atoms with Crippen LogP contribution in [0.1, 0.15) is 26.4 Å². The SMILES string of the molecule is Cc1c(C(=O)NNC(=O)c2cc3cc(Cl)ccc3oc2=O)[nH]c2ccc(Cl)cc12. The molecule has 0 spiro atoms. The molecule has 2 aromatic carbocycles. The summed E-state index contributed by atoms with van der Waals surface area (Å²) in [5.41, 5.74) is 5.39. The molecule has 2 heterocycles. The van der Waals surface area contributed by atoms with Crippen LogP contribution in [-0.4, -0.2) is 16.8 Å². The molecule has 3 N–H and O–H groups in total. The monoisotopic (exact) mass is 429 g/mol. The third-order valence-corrected chi connectivity index (χ3v) is 4.95. The molecule has 0 radical (unpaired) electrons. The number of hydrogen-bond acceptors (Lipinski definition) is 4. The molecule has 9 heteroatoms. The first-order chi connectivity index (χ1) is 13.8. The number of rotatable bonds is 2. The van der Waals surface area contributed by atoms with Crippen molar-refractivity contribution >= 4 is 56.9 Å². The van der Waals surface area contributed by atoms with Gasteiger partial charge >= 0.3 is 5.63 Å². The van der Waals surface area contributed by atoms with Crippen LogP contribution < -0.4 is 16.5 Å². The average Bonchev–Trinajstić information content (AvgIpc) is 3.02. The van der Waals surface area contributed by atoms with Crippen LogP contribution in [0.25, 0.3) is 21.9 Å². The molecule has 4 aromatic rings. The minimum absolute atomic E-state index is 0.264. The lowest BCUT2D eigenvalue weighted by molar-refractivity contribution is 0.0842. The highest BCUT2D eigenvalue weighted by atomic mass is 35.5. The van der Waals surface area contributed by atoms with Gasteiger partial charge in [0.05, 0.1) is 0 Å². The summed E-state index contributed by atoms with van der Waals surface area (Å²) in [4.78, 5) is 39.9. The quantitative estimate of drug-likeness (QED) is 0.331. The summed E-state index contributed by atoms with van der Waals surface area (Å²) in [5.74, 6) is -1.39. The molecule has 0 unspecified atom stereocenters. The van der Waals surface area contributed by atoms with Gasteiger partial charge in [-0.2, -0.15) is 0 Å². The third-order valence-electron chi connectivity index (χ3n) is 4.48. The van der Waals surface area contributed by atoms with Crippen LogP contribution in [0.4, 0.5) is 0 Å². The number of hydrazine groups is 1.